The van der Waals surface area contributed by atoms with Gasteiger partial charge in [-0.25, -0.2) is 0 Å². The number of rotatable bonds is 6. The lowest BCUT2D eigenvalue weighted by atomic mass is 10.2. The van der Waals surface area contributed by atoms with E-state index in [-0.39, 0.29) is 18.1 Å². The van der Waals surface area contributed by atoms with Crippen molar-refractivity contribution in [1.82, 2.24) is 0 Å². The van der Waals surface area contributed by atoms with Crippen LogP contribution in [0.15, 0.2) is 18.2 Å². The summed E-state index contributed by atoms with van der Waals surface area (Å²) in [5.41, 5.74) is 0.313. The topological polar surface area (TPSA) is 56.8 Å². The van der Waals surface area contributed by atoms with Crippen molar-refractivity contribution >= 4 is 11.6 Å². The highest BCUT2D eigenvalue weighted by Crippen LogP contribution is 2.31. The van der Waals surface area contributed by atoms with Gasteiger partial charge in [0.15, 0.2) is 11.5 Å². The Morgan fingerprint density at radius 1 is 1.33 bits per heavy atom. The second kappa shape index (κ2) is 6.75. The molecule has 18 heavy (non-hydrogen) atoms. The maximum absolute atomic E-state index is 12.2. The van der Waals surface area contributed by atoms with E-state index in [9.17, 15) is 13.6 Å². The average Bonchev–Trinajstić information content (AvgIpc) is 2.28. The zero-order valence-electron chi connectivity index (χ0n) is 9.91. The molecule has 0 atom stereocenters. The molecular formula is C11H13F2NO4. The van der Waals surface area contributed by atoms with Gasteiger partial charge < -0.3 is 19.5 Å². The molecule has 1 N–H and O–H groups in total. The van der Waals surface area contributed by atoms with E-state index < -0.39 is 12.5 Å². The third-order valence-electron chi connectivity index (χ3n) is 1.94. The largest absolute Gasteiger partial charge is 0.493 e. The predicted octanol–water partition coefficient (Wildman–Crippen LogP) is 1.88. The van der Waals surface area contributed by atoms with E-state index in [2.05, 4.69) is 14.8 Å². The summed E-state index contributed by atoms with van der Waals surface area (Å²) in [4.78, 5) is 11.2. The minimum atomic E-state index is -2.97. The molecule has 1 rings (SSSR count). The lowest BCUT2D eigenvalue weighted by Gasteiger charge is -2.12. The van der Waals surface area contributed by atoms with Crippen LogP contribution in [0.5, 0.6) is 11.5 Å². The van der Waals surface area contributed by atoms with Crippen molar-refractivity contribution in [3.8, 4) is 11.5 Å². The molecule has 5 nitrogen and oxygen atoms in total. The Labute approximate surface area is 103 Å². The van der Waals surface area contributed by atoms with Gasteiger partial charge >= 0.3 is 6.61 Å². The van der Waals surface area contributed by atoms with Crippen LogP contribution in [0.2, 0.25) is 0 Å². The number of hydrogen-bond acceptors (Lipinski definition) is 4. The summed E-state index contributed by atoms with van der Waals surface area (Å²) in [6.45, 7) is -3.10. The fraction of sp³-hybridized carbons (Fsp3) is 0.364. The number of hydrogen-bond donors (Lipinski definition) is 1. The molecule has 0 aliphatic carbocycles. The molecule has 0 aromatic heterocycles. The Kier molecular flexibility index (Phi) is 5.31. The fourth-order valence-electron chi connectivity index (χ4n) is 1.27. The van der Waals surface area contributed by atoms with Crippen LogP contribution in [0.1, 0.15) is 0 Å². The molecule has 7 heteroatoms. The monoisotopic (exact) mass is 261 g/mol. The molecule has 1 aromatic carbocycles. The first-order valence-corrected chi connectivity index (χ1v) is 4.98. The van der Waals surface area contributed by atoms with Crippen molar-refractivity contribution in [3.05, 3.63) is 18.2 Å². The van der Waals surface area contributed by atoms with Gasteiger partial charge in [0.05, 0.1) is 7.11 Å². The minimum Gasteiger partial charge on any atom is -0.493 e. The number of carbonyl (C=O) groups excluding carboxylic acids is 1. The van der Waals surface area contributed by atoms with Crippen LogP contribution < -0.4 is 14.8 Å². The fourth-order valence-corrected chi connectivity index (χ4v) is 1.27. The molecule has 0 saturated heterocycles. The maximum atomic E-state index is 12.2. The number of halogens is 2. The first-order valence-electron chi connectivity index (χ1n) is 4.98. The summed E-state index contributed by atoms with van der Waals surface area (Å²) in [6, 6.07) is 4.17. The number of ether oxygens (including phenoxy) is 3. The SMILES string of the molecule is COCC(=O)Nc1ccc(OC)c(OC(F)F)c1. The van der Waals surface area contributed by atoms with Crippen molar-refractivity contribution in [2.75, 3.05) is 26.1 Å². The molecule has 1 aromatic rings. The first-order chi connectivity index (χ1) is 8.56. The summed E-state index contributed by atoms with van der Waals surface area (Å²) in [6.07, 6.45) is 0. The second-order valence-electron chi connectivity index (χ2n) is 3.23. The van der Waals surface area contributed by atoms with Crippen LogP contribution in [-0.2, 0) is 9.53 Å². The van der Waals surface area contributed by atoms with Crippen LogP contribution >= 0.6 is 0 Å². The second-order valence-corrected chi connectivity index (χ2v) is 3.23. The molecule has 0 spiro atoms. The molecule has 1 amide bonds. The highest BCUT2D eigenvalue weighted by Gasteiger charge is 2.12. The Morgan fingerprint density at radius 2 is 2.06 bits per heavy atom. The van der Waals surface area contributed by atoms with Crippen LogP contribution in [0, 0.1) is 0 Å². The summed E-state index contributed by atoms with van der Waals surface area (Å²) in [5.74, 6) is -0.395. The molecule has 0 fully saturated rings. The zero-order chi connectivity index (χ0) is 13.5. The zero-order valence-corrected chi connectivity index (χ0v) is 9.91. The van der Waals surface area contributed by atoms with Gasteiger partial charge in [0.25, 0.3) is 0 Å². The molecule has 0 heterocycles. The number of benzene rings is 1. The normalized spacial score (nSPS) is 10.3. The maximum Gasteiger partial charge on any atom is 0.387 e. The lowest BCUT2D eigenvalue weighted by molar-refractivity contribution is -0.119. The highest BCUT2D eigenvalue weighted by atomic mass is 19.3. The van der Waals surface area contributed by atoms with Crippen molar-refractivity contribution in [2.24, 2.45) is 0 Å². The van der Waals surface area contributed by atoms with Crippen LogP contribution in [0.4, 0.5) is 14.5 Å². The van der Waals surface area contributed by atoms with E-state index in [1.165, 1.54) is 32.4 Å². The van der Waals surface area contributed by atoms with E-state index >= 15 is 0 Å². The van der Waals surface area contributed by atoms with Crippen LogP contribution in [0.3, 0.4) is 0 Å². The summed E-state index contributed by atoms with van der Waals surface area (Å²) in [5, 5.41) is 2.46. The van der Waals surface area contributed by atoms with Crippen molar-refractivity contribution < 1.29 is 27.8 Å². The van der Waals surface area contributed by atoms with Crippen LogP contribution in [-0.4, -0.2) is 33.3 Å². The number of carbonyl (C=O) groups is 1. The smallest absolute Gasteiger partial charge is 0.387 e. The predicted molar refractivity (Wildman–Crippen MR) is 60.1 cm³/mol. The van der Waals surface area contributed by atoms with E-state index in [1.54, 1.807) is 0 Å². The molecular weight excluding hydrogens is 248 g/mol. The minimum absolute atomic E-state index is 0.128. The Bertz CT molecular complexity index is 412. The Hall–Kier alpha value is -1.89. The number of anilines is 1. The van der Waals surface area contributed by atoms with Crippen LogP contribution in [0.25, 0.3) is 0 Å². The molecule has 0 bridgehead atoms. The third-order valence-corrected chi connectivity index (χ3v) is 1.94. The van der Waals surface area contributed by atoms with E-state index in [1.807, 2.05) is 0 Å². The van der Waals surface area contributed by atoms with Gasteiger partial charge in [-0.1, -0.05) is 0 Å². The number of nitrogens with one attached hydrogen (secondary N) is 1. The average molecular weight is 261 g/mol. The standard InChI is InChI=1S/C11H13F2NO4/c1-16-6-10(15)14-7-3-4-8(17-2)9(5-7)18-11(12)13/h3-5,11H,6H2,1-2H3,(H,14,15). The summed E-state index contributed by atoms with van der Waals surface area (Å²) >= 11 is 0. The number of amides is 1. The number of methoxy groups -OCH3 is 2. The first kappa shape index (κ1) is 14.2. The van der Waals surface area contributed by atoms with Gasteiger partial charge in [-0.3, -0.25) is 4.79 Å². The van der Waals surface area contributed by atoms with Gasteiger partial charge in [0, 0.05) is 18.9 Å². The van der Waals surface area contributed by atoms with Crippen molar-refractivity contribution in [1.29, 1.82) is 0 Å². The van der Waals surface area contributed by atoms with Crippen molar-refractivity contribution in [3.63, 3.8) is 0 Å². The lowest BCUT2D eigenvalue weighted by Crippen LogP contribution is -2.17. The van der Waals surface area contributed by atoms with Gasteiger partial charge in [-0.2, -0.15) is 8.78 Å². The Morgan fingerprint density at radius 3 is 2.61 bits per heavy atom. The van der Waals surface area contributed by atoms with Gasteiger partial charge in [0.2, 0.25) is 5.91 Å². The quantitative estimate of drug-likeness (QED) is 0.849. The molecule has 0 aliphatic heterocycles. The van der Waals surface area contributed by atoms with E-state index in [0.717, 1.165) is 0 Å². The van der Waals surface area contributed by atoms with Gasteiger partial charge in [0.1, 0.15) is 6.61 Å². The van der Waals surface area contributed by atoms with Gasteiger partial charge in [-0.05, 0) is 12.1 Å². The summed E-state index contributed by atoms with van der Waals surface area (Å²) < 4.78 is 38.1. The van der Waals surface area contributed by atoms with Gasteiger partial charge in [-0.15, -0.1) is 0 Å². The molecule has 0 radical (unpaired) electrons. The molecule has 0 unspecified atom stereocenters. The molecule has 100 valence electrons. The summed E-state index contributed by atoms with van der Waals surface area (Å²) in [7, 11) is 2.70. The number of alkyl halides is 2. The highest BCUT2D eigenvalue weighted by molar-refractivity contribution is 5.92. The molecule has 0 aliphatic rings. The Balaban J connectivity index is 2.85. The van der Waals surface area contributed by atoms with Crippen molar-refractivity contribution in [2.45, 2.75) is 6.61 Å². The van der Waals surface area contributed by atoms with E-state index in [0.29, 0.717) is 5.69 Å². The van der Waals surface area contributed by atoms with E-state index in [4.69, 9.17) is 4.74 Å². The molecule has 0 saturated carbocycles. The third kappa shape index (κ3) is 4.17.